The smallest absolute Gasteiger partial charge is 0.317 e. The Bertz CT molecular complexity index is 1910. The van der Waals surface area contributed by atoms with E-state index in [9.17, 15) is 15.0 Å². The molecule has 0 radical (unpaired) electrons. The number of aliphatic hydroxyl groups excluding tert-OH is 1. The summed E-state index contributed by atoms with van der Waals surface area (Å²) in [6.07, 6.45) is 11.9. The highest BCUT2D eigenvalue weighted by atomic mass is 16.3. The lowest BCUT2D eigenvalue weighted by Crippen LogP contribution is -2.67. The van der Waals surface area contributed by atoms with Gasteiger partial charge in [-0.1, -0.05) is 117 Å². The minimum atomic E-state index is -1.14. The number of nitrogens with zero attached hydrogens (tertiary/aromatic N) is 1. The summed E-state index contributed by atoms with van der Waals surface area (Å²) in [4.78, 5) is 30.6. The topological polar surface area (TPSA) is 89.9 Å². The van der Waals surface area contributed by atoms with Crippen LogP contribution in [0.25, 0.3) is 11.1 Å². The van der Waals surface area contributed by atoms with Crippen molar-refractivity contribution in [3.63, 3.8) is 0 Å². The first-order chi connectivity index (χ1) is 24.8. The fraction of sp³-hybridized carbons (Fsp3) is 0.478. The lowest BCUT2D eigenvalue weighted by atomic mass is 9.32. The second-order valence-electron chi connectivity index (χ2n) is 17.5. The summed E-state index contributed by atoms with van der Waals surface area (Å²) < 4.78 is 0. The van der Waals surface area contributed by atoms with Gasteiger partial charge in [0.05, 0.1) is 18.2 Å². The monoisotopic (exact) mass is 698 g/mol. The number of hydrogen-bond acceptors (Lipinski definition) is 4. The Balaban J connectivity index is 1.19. The zero-order chi connectivity index (χ0) is 36.5. The van der Waals surface area contributed by atoms with Gasteiger partial charge in [0.1, 0.15) is 0 Å². The number of urea groups is 1. The molecular formula is C46H54N2O4. The highest BCUT2D eigenvalue weighted by Crippen LogP contribution is 2.78. The van der Waals surface area contributed by atoms with Gasteiger partial charge in [-0.15, -0.1) is 0 Å². The van der Waals surface area contributed by atoms with Crippen LogP contribution >= 0.6 is 0 Å². The van der Waals surface area contributed by atoms with E-state index >= 15 is 4.79 Å². The number of allylic oxidation sites excluding steroid dienone is 4. The number of benzene rings is 3. The SMILES string of the molecule is CC(C)NC(=O)N(Cc1ccccc1)CC1(O)CCC2C34C=CC5(C=C3C(=O)c3ccc(-c6ccccc6)cc3)CC(O)CCC5(C)C4CCC21C. The molecule has 0 saturated heterocycles. The molecule has 2 bridgehead atoms. The number of carbonyl (C=O) groups excluding carboxylic acids is 2. The average molecular weight is 699 g/mol. The predicted molar refractivity (Wildman–Crippen MR) is 205 cm³/mol. The number of aliphatic hydroxyl groups is 2. The molecule has 3 N–H and O–H groups in total. The van der Waals surface area contributed by atoms with Gasteiger partial charge >= 0.3 is 6.03 Å². The van der Waals surface area contributed by atoms with Crippen molar-refractivity contribution in [3.05, 3.63) is 120 Å². The summed E-state index contributed by atoms with van der Waals surface area (Å²) in [5.74, 6) is 0.264. The van der Waals surface area contributed by atoms with Gasteiger partial charge in [0.25, 0.3) is 0 Å². The molecule has 9 rings (SSSR count). The van der Waals surface area contributed by atoms with Crippen molar-refractivity contribution in [1.82, 2.24) is 10.2 Å². The second-order valence-corrected chi connectivity index (χ2v) is 17.5. The quantitative estimate of drug-likeness (QED) is 0.162. The lowest BCUT2D eigenvalue weighted by Gasteiger charge is -2.71. The summed E-state index contributed by atoms with van der Waals surface area (Å²) in [5, 5.41) is 27.2. The summed E-state index contributed by atoms with van der Waals surface area (Å²) in [5.41, 5.74) is 1.98. The van der Waals surface area contributed by atoms with Crippen LogP contribution < -0.4 is 5.32 Å². The Morgan fingerprint density at radius 3 is 2.12 bits per heavy atom. The van der Waals surface area contributed by atoms with Crippen molar-refractivity contribution in [3.8, 4) is 11.1 Å². The van der Waals surface area contributed by atoms with Crippen LogP contribution in [0.5, 0.6) is 0 Å². The number of hydrogen-bond donors (Lipinski definition) is 3. The highest BCUT2D eigenvalue weighted by molar-refractivity contribution is 6.10. The lowest BCUT2D eigenvalue weighted by molar-refractivity contribution is -0.174. The molecule has 3 aromatic carbocycles. The molecule has 2 amide bonds. The van der Waals surface area contributed by atoms with Crippen LogP contribution in [0.3, 0.4) is 0 Å². The number of ketones is 1. The standard InChI is InChI=1S/C46H54N2O4/c1-31(2)47-41(51)48(29-32-11-7-5-8-12-32)30-45(52)24-21-39-43(45,4)23-20-38-42(3)22-19-36(49)27-44(42)25-26-46(38,39)37(28-44)40(50)35-17-15-34(16-18-35)33-13-9-6-10-14-33/h5-18,25-26,28,31,36,38-39,49,52H,19-24,27,29-30H2,1-4H3,(H,47,51). The predicted octanol–water partition coefficient (Wildman–Crippen LogP) is 8.75. The van der Waals surface area contributed by atoms with E-state index in [2.05, 4.69) is 49.5 Å². The van der Waals surface area contributed by atoms with Crippen LogP contribution in [-0.2, 0) is 6.54 Å². The number of carbonyl (C=O) groups is 2. The van der Waals surface area contributed by atoms with E-state index in [1.807, 2.05) is 86.6 Å². The van der Waals surface area contributed by atoms with E-state index in [4.69, 9.17) is 0 Å². The van der Waals surface area contributed by atoms with Crippen LogP contribution in [0.4, 0.5) is 4.79 Å². The molecule has 3 saturated carbocycles. The molecule has 6 nitrogen and oxygen atoms in total. The van der Waals surface area contributed by atoms with Crippen molar-refractivity contribution >= 4 is 11.8 Å². The summed E-state index contributed by atoms with van der Waals surface area (Å²) in [7, 11) is 0. The van der Waals surface area contributed by atoms with Crippen molar-refractivity contribution in [2.24, 2.45) is 33.5 Å². The number of amides is 2. The Kier molecular flexibility index (Phi) is 8.46. The second kappa shape index (κ2) is 12.6. The molecule has 3 fully saturated rings. The van der Waals surface area contributed by atoms with Crippen molar-refractivity contribution in [1.29, 1.82) is 0 Å². The van der Waals surface area contributed by atoms with Gasteiger partial charge < -0.3 is 20.4 Å². The molecule has 2 spiro atoms. The van der Waals surface area contributed by atoms with E-state index in [0.29, 0.717) is 24.9 Å². The maximum absolute atomic E-state index is 15.1. The van der Waals surface area contributed by atoms with Crippen LogP contribution in [0.15, 0.2) is 109 Å². The van der Waals surface area contributed by atoms with Gasteiger partial charge in [-0.05, 0) is 92.7 Å². The minimum absolute atomic E-state index is 0.00695. The van der Waals surface area contributed by atoms with Gasteiger partial charge in [0, 0.05) is 40.0 Å². The Morgan fingerprint density at radius 2 is 1.42 bits per heavy atom. The fourth-order valence-corrected chi connectivity index (χ4v) is 11.9. The van der Waals surface area contributed by atoms with Crippen LogP contribution in [-0.4, -0.2) is 51.2 Å². The third-order valence-electron chi connectivity index (χ3n) is 14.6. The third-order valence-corrected chi connectivity index (χ3v) is 14.6. The van der Waals surface area contributed by atoms with Crippen LogP contribution in [0, 0.1) is 33.5 Å². The molecule has 8 unspecified atom stereocenters. The zero-order valence-electron chi connectivity index (χ0n) is 31.1. The largest absolute Gasteiger partial charge is 0.393 e. The number of rotatable bonds is 8. The maximum Gasteiger partial charge on any atom is 0.317 e. The molecule has 52 heavy (non-hydrogen) atoms. The summed E-state index contributed by atoms with van der Waals surface area (Å²) >= 11 is 0. The first kappa shape index (κ1) is 35.1. The molecule has 0 heterocycles. The third kappa shape index (κ3) is 5.19. The van der Waals surface area contributed by atoms with E-state index < -0.39 is 27.9 Å². The Morgan fingerprint density at radius 1 is 0.808 bits per heavy atom. The number of nitrogens with one attached hydrogen (secondary N) is 1. The highest BCUT2D eigenvalue weighted by Gasteiger charge is 2.74. The van der Waals surface area contributed by atoms with Crippen LogP contribution in [0.1, 0.15) is 88.6 Å². The minimum Gasteiger partial charge on any atom is -0.393 e. The molecule has 3 aromatic rings. The van der Waals surface area contributed by atoms with E-state index in [0.717, 1.165) is 54.4 Å². The molecule has 6 heteroatoms. The molecule has 6 aliphatic carbocycles. The summed E-state index contributed by atoms with van der Waals surface area (Å²) in [6.45, 7) is 9.20. The Hall–Kier alpha value is -4.00. The number of fused-ring (bicyclic) bond motifs is 1. The average Bonchev–Trinajstić information content (AvgIpc) is 3.41. The maximum atomic E-state index is 15.1. The first-order valence-electron chi connectivity index (χ1n) is 19.5. The van der Waals surface area contributed by atoms with Crippen molar-refractivity contribution in [2.45, 2.75) is 96.9 Å². The molecule has 272 valence electrons. The number of Topliss-reactive ketones (excluding diaryl/α,β-unsaturated/α-hetero) is 1. The summed E-state index contributed by atoms with van der Waals surface area (Å²) in [6, 6.07) is 28.1. The van der Waals surface area contributed by atoms with E-state index in [1.165, 1.54) is 0 Å². The van der Waals surface area contributed by atoms with Gasteiger partial charge in [-0.25, -0.2) is 4.79 Å². The first-order valence-corrected chi connectivity index (χ1v) is 19.5. The van der Waals surface area contributed by atoms with Gasteiger partial charge in [0.2, 0.25) is 0 Å². The normalized spacial score (nSPS) is 35.7. The zero-order valence-corrected chi connectivity index (χ0v) is 31.1. The van der Waals surface area contributed by atoms with Gasteiger partial charge in [-0.3, -0.25) is 4.79 Å². The molecule has 0 aliphatic heterocycles. The van der Waals surface area contributed by atoms with Crippen molar-refractivity contribution in [2.75, 3.05) is 6.54 Å². The molecule has 6 aliphatic rings. The van der Waals surface area contributed by atoms with E-state index in [-0.39, 0.29) is 41.7 Å². The van der Waals surface area contributed by atoms with Gasteiger partial charge in [0.15, 0.2) is 5.78 Å². The fourth-order valence-electron chi connectivity index (χ4n) is 11.9. The van der Waals surface area contributed by atoms with Crippen molar-refractivity contribution < 1.29 is 19.8 Å². The molecule has 8 atom stereocenters. The van der Waals surface area contributed by atoms with Crippen LogP contribution in [0.2, 0.25) is 0 Å². The van der Waals surface area contributed by atoms with E-state index in [1.54, 1.807) is 4.90 Å². The molecular weight excluding hydrogens is 645 g/mol. The Labute approximate surface area is 309 Å². The van der Waals surface area contributed by atoms with Gasteiger partial charge in [-0.2, -0.15) is 0 Å². The molecule has 0 aromatic heterocycles.